The molecule has 1 atom stereocenters. The van der Waals surface area contributed by atoms with E-state index < -0.39 is 22.9 Å². The number of nitrogens with zero attached hydrogens (tertiary/aromatic N) is 4. The minimum atomic E-state index is -0.819. The summed E-state index contributed by atoms with van der Waals surface area (Å²) in [6.07, 6.45) is 0.912. The quantitative estimate of drug-likeness (QED) is 0.520. The summed E-state index contributed by atoms with van der Waals surface area (Å²) in [5.74, 6) is -0.366. The highest BCUT2D eigenvalue weighted by Crippen LogP contribution is 2.46. The van der Waals surface area contributed by atoms with Crippen LogP contribution in [0.1, 0.15) is 0 Å². The van der Waals surface area contributed by atoms with E-state index in [4.69, 9.17) is 11.6 Å². The van der Waals surface area contributed by atoms with Crippen LogP contribution in [0.4, 0.5) is 14.6 Å². The van der Waals surface area contributed by atoms with Crippen LogP contribution in [0.3, 0.4) is 0 Å². The summed E-state index contributed by atoms with van der Waals surface area (Å²) in [5.41, 5.74) is 0.00207. The first-order valence-corrected chi connectivity index (χ1v) is 12.6. The number of carbonyl (C=O) groups excluding carboxylic acids is 1. The number of anilines is 1. The van der Waals surface area contributed by atoms with Gasteiger partial charge in [0.25, 0.3) is 0 Å². The van der Waals surface area contributed by atoms with E-state index >= 15 is 0 Å². The molecule has 1 unspecified atom stereocenters. The molecule has 3 aromatic rings. The fourth-order valence-corrected chi connectivity index (χ4v) is 6.58. The van der Waals surface area contributed by atoms with Gasteiger partial charge in [-0.3, -0.25) is 4.57 Å². The van der Waals surface area contributed by atoms with Gasteiger partial charge >= 0.3 is 5.69 Å². The van der Waals surface area contributed by atoms with Crippen LogP contribution in [0, 0.1) is 11.6 Å². The first-order chi connectivity index (χ1) is 16.7. The second-order valence-electron chi connectivity index (χ2n) is 9.16. The van der Waals surface area contributed by atoms with Crippen LogP contribution >= 0.6 is 23.4 Å². The predicted molar refractivity (Wildman–Crippen MR) is 135 cm³/mol. The molecule has 11 heteroatoms. The van der Waals surface area contributed by atoms with Crippen LogP contribution in [0.2, 0.25) is 5.02 Å². The normalized spacial score (nSPS) is 20.0. The summed E-state index contributed by atoms with van der Waals surface area (Å²) in [7, 11) is 3.79. The van der Waals surface area contributed by atoms with Crippen LogP contribution in [-0.4, -0.2) is 72.3 Å². The van der Waals surface area contributed by atoms with E-state index in [1.54, 1.807) is 10.6 Å². The van der Waals surface area contributed by atoms with E-state index in [-0.39, 0.29) is 10.6 Å². The molecule has 1 aromatic heterocycles. The summed E-state index contributed by atoms with van der Waals surface area (Å²) in [4.78, 5) is 34.2. The number of aldehydes is 1. The van der Waals surface area contributed by atoms with Gasteiger partial charge in [-0.2, -0.15) is 4.98 Å². The summed E-state index contributed by atoms with van der Waals surface area (Å²) in [5, 5.41) is 4.25. The van der Waals surface area contributed by atoms with Gasteiger partial charge in [0.1, 0.15) is 29.3 Å². The number of rotatable bonds is 5. The van der Waals surface area contributed by atoms with Gasteiger partial charge in [0.2, 0.25) is 0 Å². The van der Waals surface area contributed by atoms with Gasteiger partial charge in [-0.05, 0) is 32.3 Å². The number of nitrogens with one attached hydrogen (secondary N) is 1. The molecule has 1 N–H and O–H groups in total. The number of aryl methyl sites for hydroxylation is 1. The highest BCUT2D eigenvalue weighted by Gasteiger charge is 2.37. The molecule has 0 spiro atoms. The molecule has 2 aliphatic rings. The maximum absolute atomic E-state index is 14.8. The number of carbonyl (C=O) groups is 1. The summed E-state index contributed by atoms with van der Waals surface area (Å²) >= 11 is 8.21. The van der Waals surface area contributed by atoms with Gasteiger partial charge < -0.3 is 19.9 Å². The Hall–Kier alpha value is -2.53. The SMILES string of the molecule is CN(C)CC1(C=O)CN(c2nc(=O)n3c4c(c(-c5ccc(F)cc5F)c(Cl)cc24)SCC3)CCN1. The molecule has 5 rings (SSSR count). The molecule has 0 radical (unpaired) electrons. The lowest BCUT2D eigenvalue weighted by Gasteiger charge is -2.42. The van der Waals surface area contributed by atoms with E-state index in [2.05, 4.69) is 10.3 Å². The average molecular weight is 520 g/mol. The predicted octanol–water partition coefficient (Wildman–Crippen LogP) is 3.01. The average Bonchev–Trinajstić information content (AvgIpc) is 2.82. The Bertz CT molecular complexity index is 1400. The molecular weight excluding hydrogens is 496 g/mol. The van der Waals surface area contributed by atoms with Crippen molar-refractivity contribution in [3.05, 3.63) is 51.4 Å². The van der Waals surface area contributed by atoms with E-state index in [1.807, 2.05) is 23.9 Å². The van der Waals surface area contributed by atoms with Crippen molar-refractivity contribution in [2.45, 2.75) is 17.0 Å². The highest BCUT2D eigenvalue weighted by molar-refractivity contribution is 7.99. The molecule has 184 valence electrons. The molecule has 1 saturated heterocycles. The van der Waals surface area contributed by atoms with Crippen LogP contribution in [0.5, 0.6) is 0 Å². The summed E-state index contributed by atoms with van der Waals surface area (Å²) in [6.45, 7) is 2.34. The van der Waals surface area contributed by atoms with E-state index in [1.165, 1.54) is 23.9 Å². The van der Waals surface area contributed by atoms with Gasteiger partial charge in [-0.25, -0.2) is 13.6 Å². The third-order valence-corrected chi connectivity index (χ3v) is 7.74. The number of aromatic nitrogens is 2. The van der Waals surface area contributed by atoms with Crippen molar-refractivity contribution in [3.63, 3.8) is 0 Å². The van der Waals surface area contributed by atoms with Crippen LogP contribution in [0.25, 0.3) is 22.0 Å². The second kappa shape index (κ2) is 9.16. The Labute approximate surface area is 210 Å². The molecule has 1 fully saturated rings. The van der Waals surface area contributed by atoms with Crippen LogP contribution in [-0.2, 0) is 11.3 Å². The van der Waals surface area contributed by atoms with Crippen molar-refractivity contribution in [1.29, 1.82) is 0 Å². The molecule has 7 nitrogen and oxygen atoms in total. The van der Waals surface area contributed by atoms with E-state index in [0.717, 1.165) is 12.4 Å². The maximum Gasteiger partial charge on any atom is 0.350 e. The Morgan fingerprint density at radius 1 is 1.29 bits per heavy atom. The lowest BCUT2D eigenvalue weighted by Crippen LogP contribution is -2.65. The van der Waals surface area contributed by atoms with Crippen molar-refractivity contribution in [2.75, 3.05) is 50.9 Å². The third kappa shape index (κ3) is 4.22. The lowest BCUT2D eigenvalue weighted by molar-refractivity contribution is -0.114. The first kappa shape index (κ1) is 24.2. The molecule has 2 aliphatic heterocycles. The molecule has 2 aromatic carbocycles. The number of thioether (sulfide) groups is 1. The van der Waals surface area contributed by atoms with Crippen LogP contribution < -0.4 is 15.9 Å². The minimum Gasteiger partial charge on any atom is -0.352 e. The van der Waals surface area contributed by atoms with Crippen molar-refractivity contribution in [3.8, 4) is 11.1 Å². The zero-order valence-corrected chi connectivity index (χ0v) is 20.8. The molecule has 0 saturated carbocycles. The molecule has 35 heavy (non-hydrogen) atoms. The zero-order valence-electron chi connectivity index (χ0n) is 19.3. The second-order valence-corrected chi connectivity index (χ2v) is 10.7. The largest absolute Gasteiger partial charge is 0.352 e. The fraction of sp³-hybridized carbons (Fsp3) is 0.375. The number of hydrogen-bond acceptors (Lipinski definition) is 7. The molecular formula is C24H24ClF2N5O2S. The zero-order chi connectivity index (χ0) is 24.9. The lowest BCUT2D eigenvalue weighted by atomic mass is 9.97. The maximum atomic E-state index is 14.8. The van der Waals surface area contributed by atoms with Crippen molar-refractivity contribution in [2.24, 2.45) is 0 Å². The van der Waals surface area contributed by atoms with Gasteiger partial charge in [-0.15, -0.1) is 11.8 Å². The first-order valence-electron chi connectivity index (χ1n) is 11.2. The molecule has 3 heterocycles. The Balaban J connectivity index is 1.72. The Kier molecular flexibility index (Phi) is 6.33. The Morgan fingerprint density at radius 2 is 2.09 bits per heavy atom. The molecule has 0 bridgehead atoms. The van der Waals surface area contributed by atoms with Gasteiger partial charge in [-0.1, -0.05) is 11.6 Å². The van der Waals surface area contributed by atoms with Gasteiger partial charge in [0, 0.05) is 66.0 Å². The number of hydrogen-bond donors (Lipinski definition) is 1. The van der Waals surface area contributed by atoms with Crippen molar-refractivity contribution >= 4 is 46.4 Å². The molecule has 0 aliphatic carbocycles. The van der Waals surface area contributed by atoms with E-state index in [0.29, 0.717) is 65.7 Å². The van der Waals surface area contributed by atoms with Crippen molar-refractivity contribution < 1.29 is 13.6 Å². The number of piperazine rings is 1. The minimum absolute atomic E-state index is 0.174. The van der Waals surface area contributed by atoms with Gasteiger partial charge in [0.05, 0.1) is 10.5 Å². The molecule has 0 amide bonds. The van der Waals surface area contributed by atoms with Gasteiger partial charge in [0.15, 0.2) is 0 Å². The van der Waals surface area contributed by atoms with E-state index in [9.17, 15) is 18.4 Å². The monoisotopic (exact) mass is 519 g/mol. The summed E-state index contributed by atoms with van der Waals surface area (Å²) in [6, 6.07) is 5.07. The highest BCUT2D eigenvalue weighted by atomic mass is 35.5. The summed E-state index contributed by atoms with van der Waals surface area (Å²) < 4.78 is 30.0. The number of likely N-dealkylation sites (N-methyl/N-ethyl adjacent to an activating group) is 1. The van der Waals surface area contributed by atoms with Crippen molar-refractivity contribution in [1.82, 2.24) is 19.8 Å². The fourth-order valence-electron chi connectivity index (χ4n) is 5.02. The smallest absolute Gasteiger partial charge is 0.350 e. The standard InChI is InChI=1S/C24H24ClF2N5O2S/c1-30(2)11-24(13-33)12-31(6-5-28-24)22-16-10-17(25)19(15-4-3-14(26)9-18(15)27)21-20(16)32(7-8-35-21)23(34)29-22/h3-4,9-10,13,28H,5-8,11-12H2,1-2H3. The topological polar surface area (TPSA) is 70.5 Å². The number of halogens is 3. The third-order valence-electron chi connectivity index (χ3n) is 6.37. The Morgan fingerprint density at radius 3 is 2.80 bits per heavy atom. The van der Waals surface area contributed by atoms with Crippen LogP contribution in [0.15, 0.2) is 34.0 Å². The number of benzene rings is 2.